The number of unbranched alkanes of at least 4 members (excludes halogenated alkanes) is 28. The van der Waals surface area contributed by atoms with Gasteiger partial charge in [0.15, 0.2) is 5.79 Å². The predicted molar refractivity (Wildman–Crippen MR) is 457 cm³/mol. The van der Waals surface area contributed by atoms with Crippen molar-refractivity contribution in [2.24, 2.45) is 35.5 Å². The van der Waals surface area contributed by atoms with E-state index in [1.54, 1.807) is 0 Å². The molecule has 0 aromatic rings. The first kappa shape index (κ1) is 104. The smallest absolute Gasteiger partial charge is 0.320 e. The second kappa shape index (κ2) is 74.0. The van der Waals surface area contributed by atoms with E-state index in [4.69, 9.17) is 33.2 Å². The summed E-state index contributed by atoms with van der Waals surface area (Å²) in [4.78, 5) is 67.8. The summed E-state index contributed by atoms with van der Waals surface area (Å²) in [7, 11) is 7.98. The van der Waals surface area contributed by atoms with Crippen LogP contribution in [0.2, 0.25) is 0 Å². The zero-order valence-corrected chi connectivity index (χ0v) is 74.2. The molecule has 14 heteroatoms. The van der Waals surface area contributed by atoms with Gasteiger partial charge in [0.05, 0.1) is 45.7 Å². The Hall–Kier alpha value is -2.81. The summed E-state index contributed by atoms with van der Waals surface area (Å²) in [5.74, 6) is 3.07. The minimum absolute atomic E-state index is 0.0283. The summed E-state index contributed by atoms with van der Waals surface area (Å²) >= 11 is 0. The van der Waals surface area contributed by atoms with E-state index >= 15 is 0 Å². The second-order valence-electron chi connectivity index (χ2n) is 35.0. The number of likely N-dealkylation sites (N-methyl/N-ethyl adjacent to an activating group) is 2. The molecule has 0 amide bonds. The molecule has 0 N–H and O–H groups in total. The van der Waals surface area contributed by atoms with Gasteiger partial charge < -0.3 is 38.1 Å². The quantitative estimate of drug-likeness (QED) is 0.0322. The molecular weight excluding hydrogens is 1360 g/mol. The van der Waals surface area contributed by atoms with Gasteiger partial charge in [-0.05, 0) is 154 Å². The Morgan fingerprint density at radius 3 is 0.890 bits per heavy atom. The SMILES string of the molecule is CCCCCC(CCCCC)CCOC(=O)CCCCCCCCC(CCCCCCC(=O)OCCC(CCCCC)CCCC(C)C(C)CCCC(CCCCC)CCOC(=O)CCCCCCCC1(CCCCCCCC(=O)OCCC(CCCCC)CCCCC)OCC(CN(C)C)O1)OC(=O)CN(C)C. The summed E-state index contributed by atoms with van der Waals surface area (Å²) in [6.45, 7) is 22.5. The Kier molecular flexibility index (Phi) is 70.8. The molecule has 0 radical (unpaired) electrons. The molecule has 1 rings (SSSR count). The highest BCUT2D eigenvalue weighted by Gasteiger charge is 2.40. The van der Waals surface area contributed by atoms with Crippen molar-refractivity contribution < 1.29 is 57.1 Å². The molecule has 1 fully saturated rings. The van der Waals surface area contributed by atoms with Crippen LogP contribution in [0.25, 0.3) is 0 Å². The molecule has 1 aliphatic rings. The average Bonchev–Trinajstić information content (AvgIpc) is 1.69. The molecule has 14 nitrogen and oxygen atoms in total. The Morgan fingerprint density at radius 1 is 0.321 bits per heavy atom. The molecule has 0 spiro atoms. The maximum atomic E-state index is 13.0. The van der Waals surface area contributed by atoms with Crippen molar-refractivity contribution >= 4 is 29.8 Å². The highest BCUT2D eigenvalue weighted by atomic mass is 16.7. The van der Waals surface area contributed by atoms with Crippen LogP contribution in [0.15, 0.2) is 0 Å². The van der Waals surface area contributed by atoms with Crippen molar-refractivity contribution in [2.45, 2.75) is 471 Å². The largest absolute Gasteiger partial charge is 0.466 e. The van der Waals surface area contributed by atoms with Crippen molar-refractivity contribution in [1.82, 2.24) is 9.80 Å². The molecule has 0 saturated carbocycles. The van der Waals surface area contributed by atoms with E-state index in [1.807, 2.05) is 19.0 Å². The Bertz CT molecular complexity index is 2060. The molecule has 1 aliphatic heterocycles. The Balaban J connectivity index is 2.40. The van der Waals surface area contributed by atoms with Crippen LogP contribution in [0, 0.1) is 35.5 Å². The van der Waals surface area contributed by atoms with Gasteiger partial charge >= 0.3 is 29.8 Å². The van der Waals surface area contributed by atoms with Gasteiger partial charge in [0.2, 0.25) is 0 Å². The maximum absolute atomic E-state index is 13.0. The van der Waals surface area contributed by atoms with E-state index in [1.165, 1.54) is 193 Å². The number of carbonyl (C=O) groups is 5. The van der Waals surface area contributed by atoms with E-state index in [-0.39, 0.29) is 48.6 Å². The summed E-state index contributed by atoms with van der Waals surface area (Å²) in [5.41, 5.74) is 0. The van der Waals surface area contributed by atoms with Crippen LogP contribution in [-0.4, -0.2) is 132 Å². The standard InChI is InChI=1S/C95H182N2O12/c1-13-19-37-55-84(56-38-20-14-2)69-75-103-90(98)65-45-30-26-25-29-43-63-88(108-94(102)80-97(11)12)64-44-33-34-48-68-93(101)106-78-72-87(60-42-24-18-6)62-52-54-83(8)82(7)53-51-61-86(59-41-23-17-5)71-77-105-92(100)67-47-32-28-36-50-74-95(107-81-89(109-95)79-96(9)10)73-49-35-27-31-46-66-91(99)104-76-70-85(57-39-21-15-3)58-40-22-16-4/h82-89H,13-81H2,1-12H3. The fourth-order valence-corrected chi connectivity index (χ4v) is 16.5. The molecule has 0 aromatic heterocycles. The van der Waals surface area contributed by atoms with E-state index in [9.17, 15) is 24.0 Å². The fraction of sp³-hybridized carbons (Fsp3) is 0.947. The third kappa shape index (κ3) is 64.1. The second-order valence-corrected chi connectivity index (χ2v) is 35.0. The first-order valence-electron chi connectivity index (χ1n) is 47.3. The number of nitrogens with zero attached hydrogens (tertiary/aromatic N) is 2. The van der Waals surface area contributed by atoms with Gasteiger partial charge in [-0.25, -0.2) is 0 Å². The molecule has 1 heterocycles. The van der Waals surface area contributed by atoms with Crippen LogP contribution in [0.5, 0.6) is 0 Å². The molecule has 0 aliphatic carbocycles. The van der Waals surface area contributed by atoms with Crippen molar-refractivity contribution in [2.75, 3.05) is 74.3 Å². The zero-order chi connectivity index (χ0) is 79.9. The third-order valence-corrected chi connectivity index (χ3v) is 23.9. The lowest BCUT2D eigenvalue weighted by Gasteiger charge is -2.29. The van der Waals surface area contributed by atoms with E-state index in [0.717, 1.165) is 186 Å². The van der Waals surface area contributed by atoms with Gasteiger partial charge in [0.25, 0.3) is 0 Å². The normalized spacial score (nSPS) is 16.0. The lowest BCUT2D eigenvalue weighted by molar-refractivity contribution is -0.180. The van der Waals surface area contributed by atoms with Crippen LogP contribution in [-0.2, 0) is 57.1 Å². The molecule has 1 saturated heterocycles. The first-order valence-corrected chi connectivity index (χ1v) is 47.3. The minimum atomic E-state index is -0.506. The van der Waals surface area contributed by atoms with Gasteiger partial charge in [-0.2, -0.15) is 0 Å². The first-order chi connectivity index (χ1) is 52.9. The molecule has 644 valence electrons. The highest BCUT2D eigenvalue weighted by Crippen LogP contribution is 2.36. The Morgan fingerprint density at radius 2 is 0.596 bits per heavy atom. The summed E-state index contributed by atoms with van der Waals surface area (Å²) in [5, 5.41) is 0. The average molecular weight is 1540 g/mol. The van der Waals surface area contributed by atoms with Crippen LogP contribution in [0.3, 0.4) is 0 Å². The topological polar surface area (TPSA) is 156 Å². The Labute approximate surface area is 674 Å². The number of hydrogen-bond acceptors (Lipinski definition) is 14. The monoisotopic (exact) mass is 1540 g/mol. The summed E-state index contributed by atoms with van der Waals surface area (Å²) in [6.07, 6.45) is 67.6. The third-order valence-electron chi connectivity index (χ3n) is 23.9. The number of carbonyl (C=O) groups excluding carboxylic acids is 5. The molecule has 0 aromatic carbocycles. The van der Waals surface area contributed by atoms with Gasteiger partial charge in [0.1, 0.15) is 6.10 Å². The molecule has 7 unspecified atom stereocenters. The van der Waals surface area contributed by atoms with Crippen LogP contribution in [0.4, 0.5) is 0 Å². The lowest BCUT2D eigenvalue weighted by atomic mass is 9.83. The van der Waals surface area contributed by atoms with Gasteiger partial charge in [-0.1, -0.05) is 325 Å². The minimum Gasteiger partial charge on any atom is -0.466 e. The number of rotatable bonds is 82. The zero-order valence-electron chi connectivity index (χ0n) is 74.2. The number of ether oxygens (including phenoxy) is 7. The number of hydrogen-bond donors (Lipinski definition) is 0. The molecule has 0 bridgehead atoms. The van der Waals surface area contributed by atoms with Crippen molar-refractivity contribution in [3.05, 3.63) is 0 Å². The van der Waals surface area contributed by atoms with Gasteiger partial charge in [-0.3, -0.25) is 28.9 Å². The van der Waals surface area contributed by atoms with Gasteiger partial charge in [0, 0.05) is 45.1 Å². The van der Waals surface area contributed by atoms with Crippen molar-refractivity contribution in [3.63, 3.8) is 0 Å². The van der Waals surface area contributed by atoms with Crippen LogP contribution in [0.1, 0.15) is 453 Å². The van der Waals surface area contributed by atoms with E-state index in [2.05, 4.69) is 74.4 Å². The van der Waals surface area contributed by atoms with Crippen LogP contribution < -0.4 is 0 Å². The summed E-state index contributed by atoms with van der Waals surface area (Å²) in [6, 6.07) is 0. The van der Waals surface area contributed by atoms with Gasteiger partial charge in [-0.15, -0.1) is 0 Å². The number of esters is 5. The maximum Gasteiger partial charge on any atom is 0.320 e. The van der Waals surface area contributed by atoms with Crippen molar-refractivity contribution in [1.29, 1.82) is 0 Å². The summed E-state index contributed by atoms with van der Waals surface area (Å²) < 4.78 is 42.3. The molecular formula is C95H182N2O12. The van der Waals surface area contributed by atoms with Crippen molar-refractivity contribution in [3.8, 4) is 0 Å². The van der Waals surface area contributed by atoms with E-state index in [0.29, 0.717) is 94.2 Å². The lowest BCUT2D eigenvalue weighted by Crippen LogP contribution is -2.33. The predicted octanol–water partition coefficient (Wildman–Crippen LogP) is 26.3. The fourth-order valence-electron chi connectivity index (χ4n) is 16.5. The molecule has 7 atom stereocenters. The van der Waals surface area contributed by atoms with Crippen LogP contribution >= 0.6 is 0 Å². The van der Waals surface area contributed by atoms with E-state index < -0.39 is 5.79 Å². The molecule has 109 heavy (non-hydrogen) atoms. The highest BCUT2D eigenvalue weighted by molar-refractivity contribution is 5.72.